The predicted octanol–water partition coefficient (Wildman–Crippen LogP) is 5.28. The van der Waals surface area contributed by atoms with Crippen LogP contribution in [0.2, 0.25) is 0 Å². The van der Waals surface area contributed by atoms with Crippen molar-refractivity contribution in [3.05, 3.63) is 41.5 Å². The molecule has 33 heavy (non-hydrogen) atoms. The quantitative estimate of drug-likeness (QED) is 0.560. The number of nitrogens with one attached hydrogen (secondary N) is 1. The number of rotatable bonds is 8. The Morgan fingerprint density at radius 1 is 0.909 bits per heavy atom. The molecule has 3 rings (SSSR count). The van der Waals surface area contributed by atoms with Gasteiger partial charge in [0.1, 0.15) is 0 Å². The molecule has 182 valence electrons. The van der Waals surface area contributed by atoms with Crippen LogP contribution >= 0.6 is 12.4 Å². The van der Waals surface area contributed by atoms with Gasteiger partial charge in [-0.25, -0.2) is 4.79 Å². The van der Waals surface area contributed by atoms with Crippen molar-refractivity contribution in [1.82, 2.24) is 4.90 Å². The number of hydrogen-bond donors (Lipinski definition) is 1. The monoisotopic (exact) mass is 477 g/mol. The summed E-state index contributed by atoms with van der Waals surface area (Å²) in [7, 11) is 0. The second kappa shape index (κ2) is 12.4. The summed E-state index contributed by atoms with van der Waals surface area (Å²) in [6.45, 7) is 14.4. The molecule has 7 nitrogen and oxygen atoms in total. The Balaban J connectivity index is 0.00000385. The van der Waals surface area contributed by atoms with Gasteiger partial charge in [-0.2, -0.15) is 0 Å². The van der Waals surface area contributed by atoms with Crippen molar-refractivity contribution < 1.29 is 19.0 Å². The van der Waals surface area contributed by atoms with Gasteiger partial charge < -0.3 is 29.3 Å². The van der Waals surface area contributed by atoms with Crippen LogP contribution in [0.3, 0.4) is 0 Å². The number of ether oxygens (including phenoxy) is 3. The van der Waals surface area contributed by atoms with Crippen LogP contribution in [0.1, 0.15) is 31.9 Å². The van der Waals surface area contributed by atoms with Crippen molar-refractivity contribution in [2.24, 2.45) is 0 Å². The standard InChI is InChI=1S/C25H35N3O4.ClH/c1-6-30-22-16-20(17-23(31-7-2)24(22)32-8-3)26-25(29)28-14-12-27(13-15-28)21-11-9-10-18(4)19(21)5;/h9-11,16-17H,6-8,12-15H2,1-5H3,(H,26,29);1H. The highest BCUT2D eigenvalue weighted by molar-refractivity contribution is 5.90. The highest BCUT2D eigenvalue weighted by Gasteiger charge is 2.23. The van der Waals surface area contributed by atoms with E-state index in [9.17, 15) is 4.79 Å². The normalized spacial score (nSPS) is 13.2. The molecule has 1 aliphatic rings. The number of carbonyl (C=O) groups excluding carboxylic acids is 1. The number of anilines is 2. The summed E-state index contributed by atoms with van der Waals surface area (Å²) in [6, 6.07) is 9.84. The number of benzene rings is 2. The van der Waals surface area contributed by atoms with Crippen molar-refractivity contribution in [3.8, 4) is 17.2 Å². The smallest absolute Gasteiger partial charge is 0.321 e. The van der Waals surface area contributed by atoms with Crippen molar-refractivity contribution >= 4 is 29.8 Å². The Morgan fingerprint density at radius 2 is 1.48 bits per heavy atom. The van der Waals surface area contributed by atoms with Crippen molar-refractivity contribution in [3.63, 3.8) is 0 Å². The molecule has 0 saturated carbocycles. The summed E-state index contributed by atoms with van der Waals surface area (Å²) in [5.41, 5.74) is 4.46. The van der Waals surface area contributed by atoms with Gasteiger partial charge in [-0.3, -0.25) is 0 Å². The minimum Gasteiger partial charge on any atom is -0.490 e. The summed E-state index contributed by atoms with van der Waals surface area (Å²) in [5, 5.41) is 3.01. The maximum atomic E-state index is 13.0. The van der Waals surface area contributed by atoms with E-state index in [1.54, 1.807) is 12.1 Å². The molecule has 0 aromatic heterocycles. The van der Waals surface area contributed by atoms with Crippen LogP contribution in [0.5, 0.6) is 17.2 Å². The fraction of sp³-hybridized carbons (Fsp3) is 0.480. The van der Waals surface area contributed by atoms with Gasteiger partial charge in [0.05, 0.1) is 25.5 Å². The highest BCUT2D eigenvalue weighted by atomic mass is 35.5. The lowest BCUT2D eigenvalue weighted by Gasteiger charge is -2.37. The van der Waals surface area contributed by atoms with Crippen molar-refractivity contribution in [2.45, 2.75) is 34.6 Å². The van der Waals surface area contributed by atoms with Gasteiger partial charge >= 0.3 is 6.03 Å². The molecule has 2 aromatic carbocycles. The molecule has 1 aliphatic heterocycles. The Kier molecular flexibility index (Phi) is 9.97. The van der Waals surface area contributed by atoms with Crippen LogP contribution in [0.4, 0.5) is 16.2 Å². The summed E-state index contributed by atoms with van der Waals surface area (Å²) in [4.78, 5) is 17.2. The second-order valence-corrected chi connectivity index (χ2v) is 7.72. The zero-order chi connectivity index (χ0) is 23.1. The number of nitrogens with zero attached hydrogens (tertiary/aromatic N) is 2. The molecule has 8 heteroatoms. The van der Waals surface area contributed by atoms with E-state index >= 15 is 0 Å². The first kappa shape index (κ1) is 26.5. The molecule has 0 radical (unpaired) electrons. The van der Waals surface area contributed by atoms with Gasteiger partial charge in [0.2, 0.25) is 5.75 Å². The Labute approximate surface area is 203 Å². The minimum atomic E-state index is -0.125. The molecule has 1 heterocycles. The van der Waals surface area contributed by atoms with Crippen LogP contribution in [0.25, 0.3) is 0 Å². The number of amides is 2. The lowest BCUT2D eigenvalue weighted by molar-refractivity contribution is 0.208. The molecule has 0 bridgehead atoms. The molecule has 0 unspecified atom stereocenters. The number of piperazine rings is 1. The van der Waals surface area contributed by atoms with Crippen LogP contribution < -0.4 is 24.4 Å². The second-order valence-electron chi connectivity index (χ2n) is 7.72. The highest BCUT2D eigenvalue weighted by Crippen LogP contribution is 2.41. The van der Waals surface area contributed by atoms with E-state index in [-0.39, 0.29) is 18.4 Å². The fourth-order valence-electron chi connectivity index (χ4n) is 3.89. The zero-order valence-corrected chi connectivity index (χ0v) is 21.1. The third kappa shape index (κ3) is 6.38. The van der Waals surface area contributed by atoms with Gasteiger partial charge in [0.15, 0.2) is 11.5 Å². The summed E-state index contributed by atoms with van der Waals surface area (Å²) in [5.74, 6) is 1.70. The van der Waals surface area contributed by atoms with Crippen molar-refractivity contribution in [2.75, 3.05) is 56.2 Å². The van der Waals surface area contributed by atoms with E-state index in [1.807, 2.05) is 25.7 Å². The molecular formula is C25H36ClN3O4. The van der Waals surface area contributed by atoms with Gasteiger partial charge in [-0.05, 0) is 51.8 Å². The van der Waals surface area contributed by atoms with E-state index in [0.717, 1.165) is 13.1 Å². The van der Waals surface area contributed by atoms with Gasteiger partial charge in [0.25, 0.3) is 0 Å². The van der Waals surface area contributed by atoms with Crippen LogP contribution in [-0.2, 0) is 0 Å². The third-order valence-electron chi connectivity index (χ3n) is 5.64. The first-order valence-electron chi connectivity index (χ1n) is 11.4. The SMILES string of the molecule is CCOc1cc(NC(=O)N2CCN(c3cccc(C)c3C)CC2)cc(OCC)c1OCC.Cl. The maximum Gasteiger partial charge on any atom is 0.321 e. The van der Waals surface area contributed by atoms with E-state index in [4.69, 9.17) is 14.2 Å². The van der Waals surface area contributed by atoms with Gasteiger partial charge in [0, 0.05) is 44.0 Å². The predicted molar refractivity (Wildman–Crippen MR) is 136 cm³/mol. The van der Waals surface area contributed by atoms with E-state index < -0.39 is 0 Å². The lowest BCUT2D eigenvalue weighted by Crippen LogP contribution is -2.50. The van der Waals surface area contributed by atoms with Crippen LogP contribution in [-0.4, -0.2) is 56.9 Å². The minimum absolute atomic E-state index is 0. The van der Waals surface area contributed by atoms with Crippen LogP contribution in [0.15, 0.2) is 30.3 Å². The number of carbonyl (C=O) groups is 1. The average Bonchev–Trinajstić information content (AvgIpc) is 2.78. The first-order valence-corrected chi connectivity index (χ1v) is 11.4. The van der Waals surface area contributed by atoms with Gasteiger partial charge in [-0.15, -0.1) is 12.4 Å². The van der Waals surface area contributed by atoms with Crippen LogP contribution in [0, 0.1) is 13.8 Å². The molecule has 0 spiro atoms. The molecule has 1 N–H and O–H groups in total. The molecule has 1 fully saturated rings. The van der Waals surface area contributed by atoms with E-state index in [0.29, 0.717) is 55.8 Å². The third-order valence-corrected chi connectivity index (χ3v) is 5.64. The first-order chi connectivity index (χ1) is 15.5. The summed E-state index contributed by atoms with van der Waals surface area (Å²) >= 11 is 0. The largest absolute Gasteiger partial charge is 0.490 e. The summed E-state index contributed by atoms with van der Waals surface area (Å²) in [6.07, 6.45) is 0. The number of hydrogen-bond acceptors (Lipinski definition) is 5. The van der Waals surface area contributed by atoms with Gasteiger partial charge in [-0.1, -0.05) is 12.1 Å². The molecule has 0 aliphatic carbocycles. The molecule has 2 amide bonds. The Bertz CT molecular complexity index is 903. The molecule has 0 atom stereocenters. The number of aryl methyl sites for hydroxylation is 1. The van der Waals surface area contributed by atoms with Crippen molar-refractivity contribution in [1.29, 1.82) is 0 Å². The van der Waals surface area contributed by atoms with E-state index in [1.165, 1.54) is 16.8 Å². The molecule has 1 saturated heterocycles. The zero-order valence-electron chi connectivity index (χ0n) is 20.3. The number of urea groups is 1. The fourth-order valence-corrected chi connectivity index (χ4v) is 3.89. The maximum absolute atomic E-state index is 13.0. The Hall–Kier alpha value is -2.80. The average molecular weight is 478 g/mol. The topological polar surface area (TPSA) is 63.3 Å². The number of halogens is 1. The molecular weight excluding hydrogens is 442 g/mol. The van der Waals surface area contributed by atoms with E-state index in [2.05, 4.69) is 42.3 Å². The Morgan fingerprint density at radius 3 is 2.03 bits per heavy atom. The summed E-state index contributed by atoms with van der Waals surface area (Å²) < 4.78 is 17.2. The molecule has 2 aromatic rings. The lowest BCUT2D eigenvalue weighted by atomic mass is 10.1.